The Bertz CT molecular complexity index is 600. The predicted molar refractivity (Wildman–Crippen MR) is 80.2 cm³/mol. The van der Waals surface area contributed by atoms with Gasteiger partial charge in [-0.3, -0.25) is 4.98 Å². The number of rotatable bonds is 6. The minimum Gasteiger partial charge on any atom is -0.491 e. The van der Waals surface area contributed by atoms with Crippen LogP contribution >= 0.6 is 0 Å². The molecule has 2 rings (SSSR count). The number of aromatic nitrogens is 1. The number of esters is 1. The van der Waals surface area contributed by atoms with Crippen LogP contribution in [0.3, 0.4) is 0 Å². The molecule has 0 aliphatic rings. The highest BCUT2D eigenvalue weighted by atomic mass is 16.5. The van der Waals surface area contributed by atoms with Gasteiger partial charge in [-0.1, -0.05) is 6.07 Å². The predicted octanol–water partition coefficient (Wildman–Crippen LogP) is 2.46. The van der Waals surface area contributed by atoms with Crippen molar-refractivity contribution in [3.63, 3.8) is 0 Å². The molecular formula is C16H18N2O3. The van der Waals surface area contributed by atoms with Crippen LogP contribution in [0.5, 0.6) is 5.75 Å². The average Bonchev–Trinajstić information content (AvgIpc) is 2.50. The Balaban J connectivity index is 1.93. The smallest absolute Gasteiger partial charge is 0.338 e. The lowest BCUT2D eigenvalue weighted by molar-refractivity contribution is 0.0526. The molecule has 5 heteroatoms. The Labute approximate surface area is 123 Å². The molecule has 5 nitrogen and oxygen atoms in total. The van der Waals surface area contributed by atoms with E-state index in [2.05, 4.69) is 4.98 Å². The first kappa shape index (κ1) is 14.8. The molecule has 2 aromatic rings. The standard InChI is InChI=1S/C16H18N2O3/c1-2-20-16(19)12-6-7-15(14(17)11-12)21-10-8-13-5-3-4-9-18-13/h3-7,9,11H,2,8,10,17H2,1H3. The fourth-order valence-corrected chi connectivity index (χ4v) is 1.83. The molecule has 0 aliphatic carbocycles. The van der Waals surface area contributed by atoms with E-state index in [1.54, 1.807) is 31.3 Å². The number of pyridine rings is 1. The van der Waals surface area contributed by atoms with Gasteiger partial charge in [-0.2, -0.15) is 0 Å². The third-order valence-electron chi connectivity index (χ3n) is 2.86. The zero-order valence-electron chi connectivity index (χ0n) is 11.9. The molecule has 0 saturated heterocycles. The van der Waals surface area contributed by atoms with Crippen molar-refractivity contribution < 1.29 is 14.3 Å². The molecule has 0 atom stereocenters. The van der Waals surface area contributed by atoms with Gasteiger partial charge >= 0.3 is 5.97 Å². The summed E-state index contributed by atoms with van der Waals surface area (Å²) in [6.45, 7) is 2.57. The highest BCUT2D eigenvalue weighted by Gasteiger charge is 2.09. The van der Waals surface area contributed by atoms with Crippen LogP contribution < -0.4 is 10.5 Å². The molecule has 0 spiro atoms. The third kappa shape index (κ3) is 4.21. The summed E-state index contributed by atoms with van der Waals surface area (Å²) in [4.78, 5) is 15.8. The van der Waals surface area contributed by atoms with E-state index in [0.717, 1.165) is 5.69 Å². The van der Waals surface area contributed by atoms with Gasteiger partial charge < -0.3 is 15.2 Å². The molecule has 0 unspecified atom stereocenters. The van der Waals surface area contributed by atoms with Crippen LogP contribution in [-0.2, 0) is 11.2 Å². The summed E-state index contributed by atoms with van der Waals surface area (Å²) in [5.41, 5.74) is 7.68. The number of nitrogens with two attached hydrogens (primary N) is 1. The maximum atomic E-state index is 11.6. The minimum atomic E-state index is -0.385. The van der Waals surface area contributed by atoms with E-state index in [0.29, 0.717) is 36.6 Å². The van der Waals surface area contributed by atoms with Crippen molar-refractivity contribution in [1.82, 2.24) is 4.98 Å². The SMILES string of the molecule is CCOC(=O)c1ccc(OCCc2ccccn2)c(N)c1. The summed E-state index contributed by atoms with van der Waals surface area (Å²) in [5.74, 6) is 0.170. The number of hydrogen-bond acceptors (Lipinski definition) is 5. The monoisotopic (exact) mass is 286 g/mol. The second-order valence-electron chi connectivity index (χ2n) is 4.39. The zero-order valence-corrected chi connectivity index (χ0v) is 11.9. The summed E-state index contributed by atoms with van der Waals surface area (Å²) >= 11 is 0. The number of hydrogen-bond donors (Lipinski definition) is 1. The summed E-state index contributed by atoms with van der Waals surface area (Å²) in [6.07, 6.45) is 2.44. The van der Waals surface area contributed by atoms with Crippen molar-refractivity contribution in [2.45, 2.75) is 13.3 Å². The number of benzene rings is 1. The number of carbonyl (C=O) groups is 1. The van der Waals surface area contributed by atoms with E-state index in [1.165, 1.54) is 0 Å². The number of ether oxygens (including phenoxy) is 2. The Kier molecular flexibility index (Phi) is 5.15. The van der Waals surface area contributed by atoms with Crippen LogP contribution in [0.2, 0.25) is 0 Å². The van der Waals surface area contributed by atoms with Gasteiger partial charge in [-0.25, -0.2) is 4.79 Å². The van der Waals surface area contributed by atoms with Gasteiger partial charge in [0, 0.05) is 18.3 Å². The second-order valence-corrected chi connectivity index (χ2v) is 4.39. The van der Waals surface area contributed by atoms with Gasteiger partial charge in [0.1, 0.15) is 5.75 Å². The number of nitrogen functional groups attached to an aromatic ring is 1. The van der Waals surface area contributed by atoms with Crippen molar-refractivity contribution in [1.29, 1.82) is 0 Å². The van der Waals surface area contributed by atoms with Gasteiger partial charge in [-0.05, 0) is 37.3 Å². The molecule has 0 fully saturated rings. The average molecular weight is 286 g/mol. The van der Waals surface area contributed by atoms with Gasteiger partial charge in [0.2, 0.25) is 0 Å². The molecule has 0 amide bonds. The van der Waals surface area contributed by atoms with Crippen LogP contribution in [-0.4, -0.2) is 24.2 Å². The third-order valence-corrected chi connectivity index (χ3v) is 2.86. The summed E-state index contributed by atoms with van der Waals surface area (Å²) in [5, 5.41) is 0. The largest absolute Gasteiger partial charge is 0.491 e. The van der Waals surface area contributed by atoms with Crippen molar-refractivity contribution in [3.8, 4) is 5.75 Å². The first-order chi connectivity index (χ1) is 10.2. The van der Waals surface area contributed by atoms with Gasteiger partial charge in [0.05, 0.1) is 24.5 Å². The molecule has 110 valence electrons. The van der Waals surface area contributed by atoms with Gasteiger partial charge in [0.15, 0.2) is 0 Å². The Morgan fingerprint density at radius 2 is 2.14 bits per heavy atom. The number of nitrogens with zero attached hydrogens (tertiary/aromatic N) is 1. The Hall–Kier alpha value is -2.56. The fourth-order valence-electron chi connectivity index (χ4n) is 1.83. The molecule has 0 saturated carbocycles. The fraction of sp³-hybridized carbons (Fsp3) is 0.250. The summed E-state index contributed by atoms with van der Waals surface area (Å²) in [7, 11) is 0. The molecule has 1 aromatic heterocycles. The van der Waals surface area contributed by atoms with Gasteiger partial charge in [0.25, 0.3) is 0 Å². The highest BCUT2D eigenvalue weighted by Crippen LogP contribution is 2.23. The Morgan fingerprint density at radius 3 is 2.81 bits per heavy atom. The molecule has 1 heterocycles. The van der Waals surface area contributed by atoms with E-state index in [1.807, 2.05) is 18.2 Å². The molecule has 0 bridgehead atoms. The molecular weight excluding hydrogens is 268 g/mol. The van der Waals surface area contributed by atoms with Crippen molar-refractivity contribution in [3.05, 3.63) is 53.9 Å². The number of carbonyl (C=O) groups excluding carboxylic acids is 1. The van der Waals surface area contributed by atoms with Crippen molar-refractivity contribution in [2.75, 3.05) is 18.9 Å². The molecule has 2 N–H and O–H groups in total. The zero-order chi connectivity index (χ0) is 15.1. The van der Waals surface area contributed by atoms with E-state index in [4.69, 9.17) is 15.2 Å². The van der Waals surface area contributed by atoms with Crippen LogP contribution in [0.15, 0.2) is 42.6 Å². The van der Waals surface area contributed by atoms with E-state index < -0.39 is 0 Å². The van der Waals surface area contributed by atoms with E-state index in [-0.39, 0.29) is 5.97 Å². The lowest BCUT2D eigenvalue weighted by Gasteiger charge is -2.10. The molecule has 1 aromatic carbocycles. The van der Waals surface area contributed by atoms with Crippen molar-refractivity contribution >= 4 is 11.7 Å². The summed E-state index contributed by atoms with van der Waals surface area (Å²) < 4.78 is 10.5. The van der Waals surface area contributed by atoms with E-state index >= 15 is 0 Å². The van der Waals surface area contributed by atoms with E-state index in [9.17, 15) is 4.79 Å². The molecule has 21 heavy (non-hydrogen) atoms. The molecule has 0 aliphatic heterocycles. The minimum absolute atomic E-state index is 0.334. The maximum Gasteiger partial charge on any atom is 0.338 e. The number of anilines is 1. The normalized spacial score (nSPS) is 10.1. The Morgan fingerprint density at radius 1 is 1.29 bits per heavy atom. The van der Waals surface area contributed by atoms with Crippen LogP contribution in [0.25, 0.3) is 0 Å². The second kappa shape index (κ2) is 7.28. The van der Waals surface area contributed by atoms with Crippen LogP contribution in [0.1, 0.15) is 23.0 Å². The maximum absolute atomic E-state index is 11.6. The highest BCUT2D eigenvalue weighted by molar-refractivity contribution is 5.91. The van der Waals surface area contributed by atoms with Crippen molar-refractivity contribution in [2.24, 2.45) is 0 Å². The topological polar surface area (TPSA) is 74.4 Å². The first-order valence-corrected chi connectivity index (χ1v) is 6.80. The molecule has 0 radical (unpaired) electrons. The summed E-state index contributed by atoms with van der Waals surface area (Å²) in [6, 6.07) is 10.6. The lowest BCUT2D eigenvalue weighted by Crippen LogP contribution is -2.07. The van der Waals surface area contributed by atoms with Crippen LogP contribution in [0, 0.1) is 0 Å². The first-order valence-electron chi connectivity index (χ1n) is 6.80. The quantitative estimate of drug-likeness (QED) is 0.652. The lowest BCUT2D eigenvalue weighted by atomic mass is 10.2. The van der Waals surface area contributed by atoms with Crippen LogP contribution in [0.4, 0.5) is 5.69 Å². The van der Waals surface area contributed by atoms with Gasteiger partial charge in [-0.15, -0.1) is 0 Å².